The fraction of sp³-hybridized carbons (Fsp3) is 0.542. The molecule has 34 heavy (non-hydrogen) atoms. The number of carboxylic acid groups (broad SMARTS) is 2. The van der Waals surface area contributed by atoms with Crippen LogP contribution in [0.5, 0.6) is 5.75 Å². The molecule has 1 aromatic carbocycles. The molecule has 1 aromatic rings. The van der Waals surface area contributed by atoms with E-state index in [-0.39, 0.29) is 11.9 Å². The highest BCUT2D eigenvalue weighted by molar-refractivity contribution is 6.33. The minimum atomic E-state index is -1.26. The molecule has 0 spiro atoms. The Morgan fingerprint density at radius 1 is 1.09 bits per heavy atom. The van der Waals surface area contributed by atoms with E-state index < -0.39 is 11.9 Å². The van der Waals surface area contributed by atoms with Crippen molar-refractivity contribution in [1.29, 1.82) is 0 Å². The van der Waals surface area contributed by atoms with E-state index in [2.05, 4.69) is 10.2 Å². The van der Waals surface area contributed by atoms with Gasteiger partial charge >= 0.3 is 11.9 Å². The summed E-state index contributed by atoms with van der Waals surface area (Å²) in [7, 11) is 1.53. The Morgan fingerprint density at radius 2 is 1.68 bits per heavy atom. The van der Waals surface area contributed by atoms with Crippen molar-refractivity contribution in [3.05, 3.63) is 34.9 Å². The molecule has 1 saturated heterocycles. The third-order valence-electron chi connectivity index (χ3n) is 6.10. The predicted molar refractivity (Wildman–Crippen MR) is 130 cm³/mol. The molecule has 2 fully saturated rings. The number of nitrogens with zero attached hydrogens (tertiary/aromatic N) is 1. The van der Waals surface area contributed by atoms with E-state index in [9.17, 15) is 14.4 Å². The topological polar surface area (TPSA) is 142 Å². The number of nitrogen functional groups attached to an aromatic ring is 1. The van der Waals surface area contributed by atoms with Crippen LogP contribution in [0.2, 0.25) is 5.02 Å². The molecule has 1 aliphatic carbocycles. The minimum absolute atomic E-state index is 0.144. The zero-order valence-electron chi connectivity index (χ0n) is 19.5. The van der Waals surface area contributed by atoms with Crippen molar-refractivity contribution in [2.24, 2.45) is 5.92 Å². The van der Waals surface area contributed by atoms with Gasteiger partial charge in [-0.3, -0.25) is 4.79 Å². The van der Waals surface area contributed by atoms with E-state index in [0.717, 1.165) is 31.8 Å². The average molecular weight is 496 g/mol. The molecule has 0 bridgehead atoms. The highest BCUT2D eigenvalue weighted by Crippen LogP contribution is 2.29. The maximum atomic E-state index is 12.7. The van der Waals surface area contributed by atoms with Crippen molar-refractivity contribution in [1.82, 2.24) is 10.2 Å². The second-order valence-electron chi connectivity index (χ2n) is 8.64. The number of ether oxygens (including phenoxy) is 1. The maximum absolute atomic E-state index is 12.7. The number of carbonyl (C=O) groups is 3. The normalized spacial score (nSPS) is 17.6. The molecule has 188 valence electrons. The first-order valence-corrected chi connectivity index (χ1v) is 11.9. The average Bonchev–Trinajstić information content (AvgIpc) is 2.81. The third kappa shape index (κ3) is 9.23. The summed E-state index contributed by atoms with van der Waals surface area (Å²) < 4.78 is 5.29. The Kier molecular flexibility index (Phi) is 11.2. The van der Waals surface area contributed by atoms with Crippen LogP contribution in [0.4, 0.5) is 5.69 Å². The number of methoxy groups -OCH3 is 1. The van der Waals surface area contributed by atoms with E-state index in [4.69, 9.17) is 32.3 Å². The highest BCUT2D eigenvalue weighted by atomic mass is 35.5. The quantitative estimate of drug-likeness (QED) is 0.333. The number of likely N-dealkylation sites (tertiary alicyclic amines) is 1. The fourth-order valence-electron chi connectivity index (χ4n) is 4.32. The van der Waals surface area contributed by atoms with Crippen LogP contribution in [0.15, 0.2) is 24.3 Å². The van der Waals surface area contributed by atoms with Gasteiger partial charge in [0.1, 0.15) is 5.75 Å². The first kappa shape index (κ1) is 27.5. The molecule has 1 heterocycles. The second-order valence-corrected chi connectivity index (χ2v) is 9.04. The van der Waals surface area contributed by atoms with E-state index in [1.807, 2.05) is 0 Å². The number of rotatable bonds is 7. The van der Waals surface area contributed by atoms with Crippen LogP contribution in [0.3, 0.4) is 0 Å². The van der Waals surface area contributed by atoms with Gasteiger partial charge in [0.05, 0.1) is 23.4 Å². The van der Waals surface area contributed by atoms with Gasteiger partial charge in [0.2, 0.25) is 0 Å². The van der Waals surface area contributed by atoms with Crippen molar-refractivity contribution in [3.63, 3.8) is 0 Å². The lowest BCUT2D eigenvalue weighted by Crippen LogP contribution is -2.46. The lowest BCUT2D eigenvalue weighted by atomic mass is 9.88. The third-order valence-corrected chi connectivity index (χ3v) is 6.42. The zero-order chi connectivity index (χ0) is 25.1. The smallest absolute Gasteiger partial charge is 0.328 e. The molecule has 0 radical (unpaired) electrons. The Balaban J connectivity index is 0.000000440. The number of hydrogen-bond acceptors (Lipinski definition) is 6. The molecule has 0 unspecified atom stereocenters. The van der Waals surface area contributed by atoms with Gasteiger partial charge in [0.15, 0.2) is 0 Å². The lowest BCUT2D eigenvalue weighted by molar-refractivity contribution is -0.134. The lowest BCUT2D eigenvalue weighted by Gasteiger charge is -2.35. The van der Waals surface area contributed by atoms with Crippen LogP contribution >= 0.6 is 11.6 Å². The zero-order valence-corrected chi connectivity index (χ0v) is 20.2. The van der Waals surface area contributed by atoms with Crippen LogP contribution in [-0.4, -0.2) is 65.7 Å². The fourth-order valence-corrected chi connectivity index (χ4v) is 4.48. The minimum Gasteiger partial charge on any atom is -0.496 e. The number of carboxylic acids is 2. The van der Waals surface area contributed by atoms with Gasteiger partial charge in [-0.15, -0.1) is 0 Å². The second kappa shape index (κ2) is 13.8. The Labute approximate surface area is 204 Å². The van der Waals surface area contributed by atoms with E-state index in [0.29, 0.717) is 34.2 Å². The molecule has 1 aliphatic heterocycles. The van der Waals surface area contributed by atoms with Crippen LogP contribution in [-0.2, 0) is 9.59 Å². The highest BCUT2D eigenvalue weighted by Gasteiger charge is 2.25. The standard InChI is InChI=1S/C20H30ClN3O2.C4H4O4/c1-26-19-12-18(22)17(21)11-16(19)20(25)23-15-7-9-24(10-8-15)13-14-5-3-2-4-6-14;5-3(6)1-2-4(7)8/h11-12,14-15H,2-10,13,22H2,1H3,(H,23,25);1-2H,(H,5,6)(H,7,8). The summed E-state index contributed by atoms with van der Waals surface area (Å²) in [5.74, 6) is -1.33. The van der Waals surface area contributed by atoms with E-state index in [1.165, 1.54) is 45.8 Å². The number of carbonyl (C=O) groups excluding carboxylic acids is 1. The number of anilines is 1. The number of halogens is 1. The Bertz CT molecular complexity index is 862. The summed E-state index contributed by atoms with van der Waals surface area (Å²) in [6.07, 6.45) is 10.1. The monoisotopic (exact) mass is 495 g/mol. The predicted octanol–water partition coefficient (Wildman–Crippen LogP) is 3.42. The number of amides is 1. The number of benzene rings is 1. The summed E-state index contributed by atoms with van der Waals surface area (Å²) in [6.45, 7) is 3.34. The summed E-state index contributed by atoms with van der Waals surface area (Å²) in [6, 6.07) is 3.39. The molecule has 10 heteroatoms. The summed E-state index contributed by atoms with van der Waals surface area (Å²) >= 11 is 6.07. The van der Waals surface area contributed by atoms with E-state index in [1.54, 1.807) is 12.1 Å². The molecule has 0 atom stereocenters. The van der Waals surface area contributed by atoms with Gasteiger partial charge < -0.3 is 30.9 Å². The number of nitrogens with one attached hydrogen (secondary N) is 1. The first-order valence-electron chi connectivity index (χ1n) is 11.5. The van der Waals surface area contributed by atoms with Crippen molar-refractivity contribution >= 4 is 35.1 Å². The molecular weight excluding hydrogens is 462 g/mol. The summed E-state index contributed by atoms with van der Waals surface area (Å²) in [5, 5.41) is 19.1. The number of hydrogen-bond donors (Lipinski definition) is 4. The van der Waals surface area contributed by atoms with Gasteiger partial charge in [-0.25, -0.2) is 9.59 Å². The molecule has 2 aliphatic rings. The van der Waals surface area contributed by atoms with Crippen LogP contribution < -0.4 is 15.8 Å². The van der Waals surface area contributed by atoms with Crippen LogP contribution in [0, 0.1) is 5.92 Å². The number of aliphatic carboxylic acids is 2. The molecular formula is C24H34ClN3O6. The van der Waals surface area contributed by atoms with Crippen molar-refractivity contribution in [2.45, 2.75) is 51.0 Å². The van der Waals surface area contributed by atoms with Gasteiger partial charge in [0.25, 0.3) is 5.91 Å². The Hall–Kier alpha value is -2.78. The SMILES string of the molecule is COc1cc(N)c(Cl)cc1C(=O)NC1CCN(CC2CCCCC2)CC1.O=C(O)C=CC(=O)O. The van der Waals surface area contributed by atoms with Crippen LogP contribution in [0.1, 0.15) is 55.3 Å². The number of piperidine rings is 1. The van der Waals surface area contributed by atoms with Crippen LogP contribution in [0.25, 0.3) is 0 Å². The maximum Gasteiger partial charge on any atom is 0.328 e. The molecule has 5 N–H and O–H groups in total. The molecule has 1 saturated carbocycles. The van der Waals surface area contributed by atoms with Gasteiger partial charge in [-0.2, -0.15) is 0 Å². The van der Waals surface area contributed by atoms with Gasteiger partial charge in [-0.05, 0) is 37.7 Å². The van der Waals surface area contributed by atoms with Crippen molar-refractivity contribution < 1.29 is 29.3 Å². The largest absolute Gasteiger partial charge is 0.496 e. The van der Waals surface area contributed by atoms with Gasteiger partial charge in [-0.1, -0.05) is 30.9 Å². The number of nitrogens with two attached hydrogens (primary N) is 1. The Morgan fingerprint density at radius 3 is 2.21 bits per heavy atom. The first-order chi connectivity index (χ1) is 16.2. The summed E-state index contributed by atoms with van der Waals surface area (Å²) in [4.78, 5) is 34.3. The van der Waals surface area contributed by atoms with Gasteiger partial charge in [0, 0.05) is 43.9 Å². The molecule has 1 amide bonds. The van der Waals surface area contributed by atoms with E-state index >= 15 is 0 Å². The van der Waals surface area contributed by atoms with Crippen molar-refractivity contribution in [2.75, 3.05) is 32.5 Å². The van der Waals surface area contributed by atoms with Crippen molar-refractivity contribution in [3.8, 4) is 5.75 Å². The molecule has 0 aromatic heterocycles. The summed E-state index contributed by atoms with van der Waals surface area (Å²) in [5.41, 5.74) is 6.65. The molecule has 9 nitrogen and oxygen atoms in total. The molecule has 3 rings (SSSR count).